The Bertz CT molecular complexity index is 1250. The topological polar surface area (TPSA) is 83.0 Å². The zero-order valence-corrected chi connectivity index (χ0v) is 20.2. The van der Waals surface area contributed by atoms with Gasteiger partial charge in [0.25, 0.3) is 5.91 Å². The van der Waals surface area contributed by atoms with Crippen LogP contribution < -0.4 is 15.5 Å². The number of carbonyl (C=O) groups is 1. The van der Waals surface area contributed by atoms with Crippen molar-refractivity contribution in [1.82, 2.24) is 20.3 Å². The van der Waals surface area contributed by atoms with Gasteiger partial charge >= 0.3 is 0 Å². The number of rotatable bonds is 6. The van der Waals surface area contributed by atoms with Crippen LogP contribution >= 0.6 is 22.7 Å². The molecule has 3 heterocycles. The Morgan fingerprint density at radius 2 is 1.76 bits per heavy atom. The number of thiophene rings is 1. The molecule has 1 amide bonds. The lowest BCUT2D eigenvalue weighted by molar-refractivity contribution is 0.0922. The van der Waals surface area contributed by atoms with Gasteiger partial charge < -0.3 is 15.5 Å². The predicted molar refractivity (Wildman–Crippen MR) is 136 cm³/mol. The Labute approximate surface area is 200 Å². The van der Waals surface area contributed by atoms with Gasteiger partial charge in [0, 0.05) is 36.9 Å². The quantitative estimate of drug-likeness (QED) is 0.404. The predicted octanol–water partition coefficient (Wildman–Crippen LogP) is 5.03. The van der Waals surface area contributed by atoms with Gasteiger partial charge in [-0.2, -0.15) is 4.98 Å². The summed E-state index contributed by atoms with van der Waals surface area (Å²) in [5, 5.41) is 12.5. The largest absolute Gasteiger partial charge is 0.362 e. The summed E-state index contributed by atoms with van der Waals surface area (Å²) in [6.07, 6.45) is 3.74. The zero-order valence-electron chi connectivity index (χ0n) is 18.6. The van der Waals surface area contributed by atoms with E-state index in [-0.39, 0.29) is 11.9 Å². The molecule has 0 bridgehead atoms. The van der Waals surface area contributed by atoms with Crippen molar-refractivity contribution in [2.24, 2.45) is 0 Å². The summed E-state index contributed by atoms with van der Waals surface area (Å²) >= 11 is 3.15. The molecule has 2 N–H and O–H groups in total. The number of nitrogens with one attached hydrogen (secondary N) is 2. The molecule has 3 aromatic heterocycles. The summed E-state index contributed by atoms with van der Waals surface area (Å²) < 4.78 is 0. The van der Waals surface area contributed by atoms with E-state index in [1.54, 1.807) is 11.3 Å². The highest BCUT2D eigenvalue weighted by atomic mass is 32.1. The van der Waals surface area contributed by atoms with Gasteiger partial charge in [-0.25, -0.2) is 9.97 Å². The number of hydrogen-bond acceptors (Lipinski definition) is 8. The maximum absolute atomic E-state index is 12.7. The molecule has 0 radical (unpaired) electrons. The van der Waals surface area contributed by atoms with Crippen molar-refractivity contribution in [3.63, 3.8) is 0 Å². The molecular formula is C24H26N6OS2. The van der Waals surface area contributed by atoms with E-state index < -0.39 is 0 Å². The highest BCUT2D eigenvalue weighted by Gasteiger charge is 2.24. The van der Waals surface area contributed by atoms with Crippen LogP contribution in [-0.4, -0.2) is 47.0 Å². The third-order valence-corrected chi connectivity index (χ3v) is 7.75. The molecule has 9 heteroatoms. The lowest BCUT2D eigenvalue weighted by Crippen LogP contribution is -2.40. The molecule has 7 nitrogen and oxygen atoms in total. The molecule has 1 aliphatic rings. The Kier molecular flexibility index (Phi) is 6.24. The molecule has 33 heavy (non-hydrogen) atoms. The number of thiazole rings is 1. The van der Waals surface area contributed by atoms with Gasteiger partial charge in [0.1, 0.15) is 16.5 Å². The first kappa shape index (κ1) is 21.8. The molecule has 0 aliphatic heterocycles. The van der Waals surface area contributed by atoms with E-state index >= 15 is 0 Å². The summed E-state index contributed by atoms with van der Waals surface area (Å²) in [4.78, 5) is 29.8. The normalized spacial score (nSPS) is 18.2. The van der Waals surface area contributed by atoms with Crippen LogP contribution in [0.4, 0.5) is 11.8 Å². The van der Waals surface area contributed by atoms with Crippen LogP contribution in [0.1, 0.15) is 36.2 Å². The molecule has 0 saturated heterocycles. The van der Waals surface area contributed by atoms with E-state index in [1.165, 1.54) is 11.3 Å². The van der Waals surface area contributed by atoms with Crippen LogP contribution in [0.2, 0.25) is 0 Å². The van der Waals surface area contributed by atoms with E-state index in [0.29, 0.717) is 17.7 Å². The molecule has 0 unspecified atom stereocenters. The standard InChI is InChI=1S/C24H26N6OS2/c1-30(2)21-17-6-3-4-7-18(17)28-24(29-21)26-16-11-9-15(10-12-16)25-22(31)19-14-33-23(27-19)20-8-5-13-32-20/h3-8,13-16H,9-12H2,1-2H3,(H,25,31)(H,26,28,29). The highest BCUT2D eigenvalue weighted by Crippen LogP contribution is 2.29. The molecule has 1 aliphatic carbocycles. The SMILES string of the molecule is CN(C)c1nc(NC2CCC(NC(=O)c3csc(-c4cccs4)n3)CC2)nc2ccccc12. The Morgan fingerprint density at radius 1 is 0.970 bits per heavy atom. The molecule has 1 saturated carbocycles. The summed E-state index contributed by atoms with van der Waals surface area (Å²) in [5.74, 6) is 1.49. The fraction of sp³-hybridized carbons (Fsp3) is 0.333. The zero-order chi connectivity index (χ0) is 22.8. The smallest absolute Gasteiger partial charge is 0.270 e. The van der Waals surface area contributed by atoms with Crippen molar-refractivity contribution in [2.45, 2.75) is 37.8 Å². The number of nitrogens with zero attached hydrogens (tertiary/aromatic N) is 4. The van der Waals surface area contributed by atoms with E-state index in [9.17, 15) is 4.79 Å². The van der Waals surface area contributed by atoms with Crippen molar-refractivity contribution < 1.29 is 4.79 Å². The van der Waals surface area contributed by atoms with Gasteiger partial charge in [-0.3, -0.25) is 4.79 Å². The number of benzene rings is 1. The molecular weight excluding hydrogens is 452 g/mol. The molecule has 0 spiro atoms. The first-order valence-electron chi connectivity index (χ1n) is 11.1. The van der Waals surface area contributed by atoms with Crippen LogP contribution in [0.25, 0.3) is 20.8 Å². The van der Waals surface area contributed by atoms with Gasteiger partial charge in [0.2, 0.25) is 5.95 Å². The summed E-state index contributed by atoms with van der Waals surface area (Å²) in [6, 6.07) is 12.6. The monoisotopic (exact) mass is 478 g/mol. The number of aromatic nitrogens is 3. The van der Waals surface area contributed by atoms with Gasteiger partial charge in [0.15, 0.2) is 0 Å². The van der Waals surface area contributed by atoms with E-state index in [4.69, 9.17) is 9.97 Å². The van der Waals surface area contributed by atoms with Crippen molar-refractivity contribution in [2.75, 3.05) is 24.3 Å². The maximum Gasteiger partial charge on any atom is 0.270 e. The summed E-state index contributed by atoms with van der Waals surface area (Å²) in [5.41, 5.74) is 1.44. The lowest BCUT2D eigenvalue weighted by Gasteiger charge is -2.29. The second kappa shape index (κ2) is 9.44. The minimum absolute atomic E-state index is 0.0843. The lowest BCUT2D eigenvalue weighted by atomic mass is 9.91. The van der Waals surface area contributed by atoms with Crippen molar-refractivity contribution >= 4 is 51.2 Å². The number of anilines is 2. The minimum Gasteiger partial charge on any atom is -0.362 e. The third kappa shape index (κ3) is 4.84. The number of amides is 1. The Hall–Kier alpha value is -3.04. The van der Waals surface area contributed by atoms with E-state index in [1.807, 2.05) is 66.2 Å². The maximum atomic E-state index is 12.7. The number of fused-ring (bicyclic) bond motifs is 1. The molecule has 170 valence electrons. The van der Waals surface area contributed by atoms with Crippen LogP contribution in [0, 0.1) is 0 Å². The van der Waals surface area contributed by atoms with Crippen LogP contribution in [0.15, 0.2) is 47.2 Å². The average Bonchev–Trinajstić information content (AvgIpc) is 3.52. The number of carbonyl (C=O) groups excluding carboxylic acids is 1. The molecule has 0 atom stereocenters. The van der Waals surface area contributed by atoms with E-state index in [0.717, 1.165) is 52.3 Å². The first-order chi connectivity index (χ1) is 16.1. The highest BCUT2D eigenvalue weighted by molar-refractivity contribution is 7.20. The van der Waals surface area contributed by atoms with Gasteiger partial charge in [0.05, 0.1) is 10.4 Å². The first-order valence-corrected chi connectivity index (χ1v) is 12.8. The van der Waals surface area contributed by atoms with E-state index in [2.05, 4.69) is 15.6 Å². The third-order valence-electron chi connectivity index (χ3n) is 5.87. The Morgan fingerprint density at radius 3 is 2.52 bits per heavy atom. The van der Waals surface area contributed by atoms with Gasteiger partial charge in [-0.1, -0.05) is 18.2 Å². The van der Waals surface area contributed by atoms with Gasteiger partial charge in [-0.05, 0) is 49.3 Å². The molecule has 5 rings (SSSR count). The molecule has 1 aromatic carbocycles. The fourth-order valence-corrected chi connectivity index (χ4v) is 5.80. The Balaban J connectivity index is 1.18. The van der Waals surface area contributed by atoms with Crippen molar-refractivity contribution in [3.05, 3.63) is 52.9 Å². The second-order valence-corrected chi connectivity index (χ2v) is 10.3. The van der Waals surface area contributed by atoms with Crippen molar-refractivity contribution in [3.8, 4) is 9.88 Å². The average molecular weight is 479 g/mol. The fourth-order valence-electron chi connectivity index (χ4n) is 4.18. The van der Waals surface area contributed by atoms with Crippen LogP contribution in [0.3, 0.4) is 0 Å². The van der Waals surface area contributed by atoms with Crippen LogP contribution in [-0.2, 0) is 0 Å². The minimum atomic E-state index is -0.0843. The molecule has 4 aromatic rings. The van der Waals surface area contributed by atoms with Crippen molar-refractivity contribution in [1.29, 1.82) is 0 Å². The van der Waals surface area contributed by atoms with Crippen LogP contribution in [0.5, 0.6) is 0 Å². The van der Waals surface area contributed by atoms with Gasteiger partial charge in [-0.15, -0.1) is 22.7 Å². The number of hydrogen-bond donors (Lipinski definition) is 2. The number of para-hydroxylation sites is 1. The molecule has 1 fully saturated rings. The second-order valence-electron chi connectivity index (χ2n) is 8.46. The summed E-state index contributed by atoms with van der Waals surface area (Å²) in [6.45, 7) is 0. The summed E-state index contributed by atoms with van der Waals surface area (Å²) in [7, 11) is 4.00.